The van der Waals surface area contributed by atoms with Crippen molar-refractivity contribution in [3.8, 4) is 0 Å². The summed E-state index contributed by atoms with van der Waals surface area (Å²) in [7, 11) is -10.4. The van der Waals surface area contributed by atoms with E-state index < -0.39 is 45.0 Å². The van der Waals surface area contributed by atoms with Crippen molar-refractivity contribution in [2.45, 2.75) is 30.8 Å². The SMILES string of the molecule is O=S(=O)(O)O[C@H]1[C@H](OCc2ccccc2)[C@@H](c2cc[nH]c2)C=C(c2c3ccccc3cc3ccccc23)[C@H]1OS(=O)(=O)O. The highest BCUT2D eigenvalue weighted by atomic mass is 32.3. The van der Waals surface area contributed by atoms with Gasteiger partial charge in [-0.15, -0.1) is 0 Å². The molecule has 0 saturated heterocycles. The number of hydrogen-bond acceptors (Lipinski definition) is 7. The van der Waals surface area contributed by atoms with Gasteiger partial charge in [0, 0.05) is 18.3 Å². The van der Waals surface area contributed by atoms with Gasteiger partial charge in [-0.05, 0) is 55.9 Å². The number of hydrogen-bond donors (Lipinski definition) is 3. The van der Waals surface area contributed by atoms with Crippen LogP contribution in [-0.2, 0) is 40.5 Å². The molecule has 6 rings (SSSR count). The summed E-state index contributed by atoms with van der Waals surface area (Å²) < 4.78 is 85.7. The number of rotatable bonds is 9. The molecule has 0 saturated carbocycles. The predicted molar refractivity (Wildman–Crippen MR) is 161 cm³/mol. The predicted octanol–water partition coefficient (Wildman–Crippen LogP) is 5.46. The van der Waals surface area contributed by atoms with Crippen molar-refractivity contribution in [2.75, 3.05) is 0 Å². The fraction of sp³-hybridized carbons (Fsp3) is 0.161. The topological polar surface area (TPSA) is 152 Å². The van der Waals surface area contributed by atoms with Crippen LogP contribution in [0.25, 0.3) is 27.1 Å². The Morgan fingerprint density at radius 2 is 1.33 bits per heavy atom. The fourth-order valence-electron chi connectivity index (χ4n) is 5.77. The number of ether oxygens (including phenoxy) is 1. The van der Waals surface area contributed by atoms with Gasteiger partial charge in [0.1, 0.15) is 12.2 Å². The minimum atomic E-state index is -5.18. The van der Waals surface area contributed by atoms with E-state index >= 15 is 0 Å². The second-order valence-electron chi connectivity index (χ2n) is 10.2. The van der Waals surface area contributed by atoms with Crippen LogP contribution < -0.4 is 0 Å². The molecule has 43 heavy (non-hydrogen) atoms. The molecule has 0 fully saturated rings. The molecule has 0 amide bonds. The van der Waals surface area contributed by atoms with Crippen molar-refractivity contribution in [3.05, 3.63) is 126 Å². The Hall–Kier alpha value is -3.88. The molecule has 0 spiro atoms. The summed E-state index contributed by atoms with van der Waals surface area (Å²) in [4.78, 5) is 2.99. The molecule has 10 nitrogen and oxygen atoms in total. The molecular formula is C31H27NO9S2. The van der Waals surface area contributed by atoms with E-state index in [0.717, 1.165) is 27.1 Å². The molecule has 4 aromatic carbocycles. The summed E-state index contributed by atoms with van der Waals surface area (Å²) in [6.45, 7) is -0.00324. The number of fused-ring (bicyclic) bond motifs is 2. The second-order valence-corrected chi connectivity index (χ2v) is 12.3. The zero-order valence-electron chi connectivity index (χ0n) is 22.5. The highest BCUT2D eigenvalue weighted by Crippen LogP contribution is 2.45. The highest BCUT2D eigenvalue weighted by molar-refractivity contribution is 7.81. The molecular weight excluding hydrogens is 594 g/mol. The van der Waals surface area contributed by atoms with Crippen LogP contribution in [0, 0.1) is 0 Å². The maximum Gasteiger partial charge on any atom is 0.398 e. The third-order valence-corrected chi connectivity index (χ3v) is 8.37. The lowest BCUT2D eigenvalue weighted by atomic mass is 9.76. The van der Waals surface area contributed by atoms with Gasteiger partial charge in [-0.25, -0.2) is 8.37 Å². The first-order valence-electron chi connectivity index (χ1n) is 13.3. The quantitative estimate of drug-likeness (QED) is 0.144. The summed E-state index contributed by atoms with van der Waals surface area (Å²) in [6, 6.07) is 27.7. The van der Waals surface area contributed by atoms with Gasteiger partial charge in [0.25, 0.3) is 0 Å². The lowest BCUT2D eigenvalue weighted by molar-refractivity contribution is -0.0755. The molecule has 1 heterocycles. The lowest BCUT2D eigenvalue weighted by Gasteiger charge is -2.40. The van der Waals surface area contributed by atoms with Crippen LogP contribution in [0.1, 0.15) is 22.6 Å². The van der Waals surface area contributed by atoms with E-state index in [1.54, 1.807) is 24.5 Å². The summed E-state index contributed by atoms with van der Waals surface area (Å²) in [5, 5.41) is 3.10. The smallest absolute Gasteiger partial charge is 0.370 e. The van der Waals surface area contributed by atoms with E-state index in [0.29, 0.717) is 11.1 Å². The minimum absolute atomic E-state index is 0.00324. The average Bonchev–Trinajstić information content (AvgIpc) is 3.50. The third kappa shape index (κ3) is 6.40. The molecule has 5 aromatic rings. The molecule has 0 bridgehead atoms. The van der Waals surface area contributed by atoms with Crippen LogP contribution in [0.4, 0.5) is 0 Å². The van der Waals surface area contributed by atoms with Crippen LogP contribution in [0.15, 0.2) is 109 Å². The van der Waals surface area contributed by atoms with Gasteiger partial charge in [0.05, 0.1) is 12.7 Å². The average molecular weight is 622 g/mol. The van der Waals surface area contributed by atoms with Crippen LogP contribution in [0.5, 0.6) is 0 Å². The summed E-state index contributed by atoms with van der Waals surface area (Å²) >= 11 is 0. The first-order chi connectivity index (χ1) is 20.6. The normalized spacial score (nSPS) is 21.2. The van der Waals surface area contributed by atoms with Crippen molar-refractivity contribution in [3.63, 3.8) is 0 Å². The number of H-pyrrole nitrogens is 1. The van der Waals surface area contributed by atoms with E-state index in [9.17, 15) is 25.9 Å². The summed E-state index contributed by atoms with van der Waals surface area (Å²) in [6.07, 6.45) is 0.430. The van der Waals surface area contributed by atoms with E-state index in [2.05, 4.69) is 4.98 Å². The zero-order chi connectivity index (χ0) is 30.2. The third-order valence-electron chi connectivity index (χ3n) is 7.45. The maximum atomic E-state index is 12.3. The first-order valence-corrected chi connectivity index (χ1v) is 16.0. The lowest BCUT2D eigenvalue weighted by Crippen LogP contribution is -2.50. The molecule has 1 aliphatic rings. The molecule has 0 aliphatic heterocycles. The molecule has 3 N–H and O–H groups in total. The van der Waals surface area contributed by atoms with Gasteiger partial charge in [-0.2, -0.15) is 16.8 Å². The monoisotopic (exact) mass is 621 g/mol. The van der Waals surface area contributed by atoms with Crippen LogP contribution in [-0.4, -0.2) is 49.2 Å². The maximum absolute atomic E-state index is 12.3. The minimum Gasteiger partial charge on any atom is -0.370 e. The van der Waals surface area contributed by atoms with E-state index in [1.807, 2.05) is 84.9 Å². The number of benzene rings is 4. The van der Waals surface area contributed by atoms with Gasteiger partial charge in [-0.3, -0.25) is 9.11 Å². The first kappa shape index (κ1) is 29.2. The Bertz CT molecular complexity index is 1950. The van der Waals surface area contributed by atoms with Crippen LogP contribution >= 0.6 is 0 Å². The van der Waals surface area contributed by atoms with Crippen molar-refractivity contribution in [2.24, 2.45) is 0 Å². The summed E-state index contributed by atoms with van der Waals surface area (Å²) in [5.74, 6) is -0.712. The molecule has 0 radical (unpaired) electrons. The van der Waals surface area contributed by atoms with Gasteiger partial charge in [0.2, 0.25) is 0 Å². The standard InChI is InChI=1S/C31H27NO9S2/c33-42(34,35)40-30-27(28-24-12-6-4-10-21(24)16-22-11-5-7-13-25(22)28)17-26(23-14-15-32-18-23)29(31(30)41-43(36,37)38)39-19-20-8-2-1-3-9-20/h1-18,26,29-32H,19H2,(H,33,34,35)(H,36,37,38)/t26-,29-,30-,31+/m1/s1. The van der Waals surface area contributed by atoms with Crippen LogP contribution in [0.3, 0.4) is 0 Å². The number of aromatic amines is 1. The Morgan fingerprint density at radius 3 is 1.91 bits per heavy atom. The molecule has 1 aromatic heterocycles. The van der Waals surface area contributed by atoms with Crippen molar-refractivity contribution in [1.82, 2.24) is 4.98 Å². The van der Waals surface area contributed by atoms with Crippen LogP contribution in [0.2, 0.25) is 0 Å². The fourth-order valence-corrected chi connectivity index (χ4v) is 6.73. The molecule has 0 unspecified atom stereocenters. The number of aromatic nitrogens is 1. The number of nitrogens with one attached hydrogen (secondary N) is 1. The molecule has 1 aliphatic carbocycles. The molecule has 12 heteroatoms. The molecule has 4 atom stereocenters. The van der Waals surface area contributed by atoms with E-state index in [4.69, 9.17) is 13.1 Å². The van der Waals surface area contributed by atoms with E-state index in [-0.39, 0.29) is 12.2 Å². The van der Waals surface area contributed by atoms with Gasteiger partial charge in [-0.1, -0.05) is 84.9 Å². The Labute approximate surface area is 248 Å². The van der Waals surface area contributed by atoms with Gasteiger partial charge in [0.15, 0.2) is 0 Å². The second kappa shape index (κ2) is 11.7. The van der Waals surface area contributed by atoms with Gasteiger partial charge >= 0.3 is 20.8 Å². The Morgan fingerprint density at radius 1 is 0.721 bits per heavy atom. The van der Waals surface area contributed by atoms with Crippen molar-refractivity contribution in [1.29, 1.82) is 0 Å². The summed E-state index contributed by atoms with van der Waals surface area (Å²) in [5.41, 5.74) is 2.20. The largest absolute Gasteiger partial charge is 0.398 e. The zero-order valence-corrected chi connectivity index (χ0v) is 24.1. The highest BCUT2D eigenvalue weighted by Gasteiger charge is 2.48. The Kier molecular flexibility index (Phi) is 7.92. The molecule has 222 valence electrons. The van der Waals surface area contributed by atoms with Crippen molar-refractivity contribution < 1.29 is 39.0 Å². The van der Waals surface area contributed by atoms with E-state index in [1.165, 1.54) is 0 Å². The Balaban J connectivity index is 1.63. The van der Waals surface area contributed by atoms with Crippen molar-refractivity contribution >= 4 is 47.9 Å². The van der Waals surface area contributed by atoms with Gasteiger partial charge < -0.3 is 9.72 Å².